The van der Waals surface area contributed by atoms with Crippen molar-refractivity contribution in [1.29, 1.82) is 0 Å². The summed E-state index contributed by atoms with van der Waals surface area (Å²) < 4.78 is 19.0. The van der Waals surface area contributed by atoms with Crippen LogP contribution < -0.4 is 5.32 Å². The number of likely N-dealkylation sites (tertiary alicyclic amines) is 1. The van der Waals surface area contributed by atoms with Crippen LogP contribution in [0.5, 0.6) is 0 Å². The molecule has 1 N–H and O–H groups in total. The lowest BCUT2D eigenvalue weighted by molar-refractivity contribution is 0.0469. The summed E-state index contributed by atoms with van der Waals surface area (Å²) in [7, 11) is 0. The van der Waals surface area contributed by atoms with Crippen molar-refractivity contribution in [1.82, 2.24) is 9.88 Å². The molecule has 1 aromatic heterocycles. The van der Waals surface area contributed by atoms with Crippen LogP contribution in [-0.2, 0) is 4.74 Å². The van der Waals surface area contributed by atoms with E-state index in [1.54, 1.807) is 4.90 Å². The van der Waals surface area contributed by atoms with Gasteiger partial charge in [0.05, 0.1) is 18.0 Å². The molecule has 2 aliphatic heterocycles. The van der Waals surface area contributed by atoms with Crippen LogP contribution in [0.2, 0.25) is 0 Å². The summed E-state index contributed by atoms with van der Waals surface area (Å²) in [6.07, 6.45) is 4.69. The number of anilines is 1. The molecular weight excluding hydrogens is 249 g/mol. The van der Waals surface area contributed by atoms with Gasteiger partial charge in [-0.2, -0.15) is 0 Å². The summed E-state index contributed by atoms with van der Waals surface area (Å²) >= 11 is 0. The van der Waals surface area contributed by atoms with Gasteiger partial charge < -0.3 is 15.0 Å². The predicted octanol–water partition coefficient (Wildman–Crippen LogP) is 1.86. The third kappa shape index (κ3) is 2.53. The lowest BCUT2D eigenvalue weighted by Gasteiger charge is -2.34. The molecule has 1 aromatic rings. The van der Waals surface area contributed by atoms with E-state index in [1.807, 2.05) is 0 Å². The number of halogens is 1. The number of carbonyl (C=O) groups is 1. The van der Waals surface area contributed by atoms with Gasteiger partial charge in [-0.05, 0) is 18.9 Å². The Hall–Kier alpha value is -1.69. The molecule has 3 rings (SSSR count). The fraction of sp³-hybridized carbons (Fsp3) is 0.538. The van der Waals surface area contributed by atoms with E-state index < -0.39 is 5.82 Å². The van der Waals surface area contributed by atoms with Gasteiger partial charge in [0.1, 0.15) is 0 Å². The number of hydrogen-bond acceptors (Lipinski definition) is 3. The fourth-order valence-corrected chi connectivity index (χ4v) is 2.73. The Morgan fingerprint density at radius 2 is 2.42 bits per heavy atom. The van der Waals surface area contributed by atoms with Crippen molar-refractivity contribution >= 4 is 11.7 Å². The Labute approximate surface area is 110 Å². The van der Waals surface area contributed by atoms with E-state index in [9.17, 15) is 9.18 Å². The van der Waals surface area contributed by atoms with Gasteiger partial charge in [0, 0.05) is 31.8 Å². The molecule has 0 aliphatic carbocycles. The smallest absolute Gasteiger partial charge is 0.321 e. The number of nitrogens with one attached hydrogen (secondary N) is 1. The number of nitrogens with zero attached hydrogens (tertiary/aromatic N) is 2. The molecule has 19 heavy (non-hydrogen) atoms. The van der Waals surface area contributed by atoms with Gasteiger partial charge in [-0.15, -0.1) is 0 Å². The Morgan fingerprint density at radius 3 is 3.26 bits per heavy atom. The summed E-state index contributed by atoms with van der Waals surface area (Å²) in [4.78, 5) is 17.5. The topological polar surface area (TPSA) is 54.5 Å². The molecule has 0 spiro atoms. The summed E-state index contributed by atoms with van der Waals surface area (Å²) in [6, 6.07) is 1.20. The van der Waals surface area contributed by atoms with Gasteiger partial charge in [-0.1, -0.05) is 0 Å². The minimum atomic E-state index is -0.519. The molecule has 3 heterocycles. The second-order valence-electron chi connectivity index (χ2n) is 4.98. The van der Waals surface area contributed by atoms with Crippen LogP contribution in [0.3, 0.4) is 0 Å². The molecular formula is C13H16FN3O2. The van der Waals surface area contributed by atoms with Crippen LogP contribution in [-0.4, -0.2) is 41.7 Å². The van der Waals surface area contributed by atoms with Crippen LogP contribution in [0.25, 0.3) is 0 Å². The van der Waals surface area contributed by atoms with Crippen molar-refractivity contribution in [3.63, 3.8) is 0 Å². The maximum Gasteiger partial charge on any atom is 0.321 e. The van der Waals surface area contributed by atoms with Crippen LogP contribution in [0.1, 0.15) is 12.8 Å². The maximum atomic E-state index is 13.4. The number of amides is 2. The second kappa shape index (κ2) is 5.13. The first-order valence-corrected chi connectivity index (χ1v) is 6.51. The van der Waals surface area contributed by atoms with E-state index in [4.69, 9.17) is 4.74 Å². The molecule has 2 aliphatic rings. The predicted molar refractivity (Wildman–Crippen MR) is 67.3 cm³/mol. The SMILES string of the molecule is O=C(Nc1ccncc1F)N1CC[C@@H]2OCC[C@@H]2C1. The van der Waals surface area contributed by atoms with E-state index in [2.05, 4.69) is 10.3 Å². The molecule has 0 bridgehead atoms. The largest absolute Gasteiger partial charge is 0.378 e. The number of fused-ring (bicyclic) bond motifs is 1. The molecule has 2 saturated heterocycles. The van der Waals surface area contributed by atoms with Crippen molar-refractivity contribution in [3.05, 3.63) is 24.3 Å². The highest BCUT2D eigenvalue weighted by Crippen LogP contribution is 2.29. The average Bonchev–Trinajstić information content (AvgIpc) is 2.88. The van der Waals surface area contributed by atoms with Crippen LogP contribution in [0.4, 0.5) is 14.9 Å². The van der Waals surface area contributed by atoms with Crippen molar-refractivity contribution < 1.29 is 13.9 Å². The van der Waals surface area contributed by atoms with Gasteiger partial charge in [-0.25, -0.2) is 9.18 Å². The van der Waals surface area contributed by atoms with Crippen molar-refractivity contribution in [2.24, 2.45) is 5.92 Å². The monoisotopic (exact) mass is 265 g/mol. The van der Waals surface area contributed by atoms with E-state index in [0.717, 1.165) is 25.6 Å². The summed E-state index contributed by atoms with van der Waals surface area (Å²) in [5.74, 6) is -0.100. The number of rotatable bonds is 1. The average molecular weight is 265 g/mol. The number of aromatic nitrogens is 1. The molecule has 0 unspecified atom stereocenters. The van der Waals surface area contributed by atoms with Gasteiger partial charge in [0.15, 0.2) is 5.82 Å². The Morgan fingerprint density at radius 1 is 1.53 bits per heavy atom. The van der Waals surface area contributed by atoms with Crippen molar-refractivity contribution in [2.75, 3.05) is 25.0 Å². The zero-order valence-corrected chi connectivity index (χ0v) is 10.5. The summed E-state index contributed by atoms with van der Waals surface area (Å²) in [5.41, 5.74) is 0.171. The van der Waals surface area contributed by atoms with Crippen LogP contribution in [0.15, 0.2) is 18.5 Å². The molecule has 0 aromatic carbocycles. The first-order chi connectivity index (χ1) is 9.24. The fourth-order valence-electron chi connectivity index (χ4n) is 2.73. The number of ether oxygens (including phenoxy) is 1. The van der Waals surface area contributed by atoms with E-state index in [0.29, 0.717) is 25.1 Å². The number of urea groups is 1. The molecule has 2 fully saturated rings. The van der Waals surface area contributed by atoms with Gasteiger partial charge in [0.2, 0.25) is 0 Å². The number of hydrogen-bond donors (Lipinski definition) is 1. The summed E-state index contributed by atoms with van der Waals surface area (Å²) in [5, 5.41) is 2.59. The highest BCUT2D eigenvalue weighted by Gasteiger charge is 2.35. The third-order valence-electron chi connectivity index (χ3n) is 3.79. The zero-order chi connectivity index (χ0) is 13.2. The first-order valence-electron chi connectivity index (χ1n) is 6.51. The van der Waals surface area contributed by atoms with Crippen LogP contribution >= 0.6 is 0 Å². The standard InChI is InChI=1S/C13H16FN3O2/c14-10-7-15-4-1-11(10)16-13(18)17-5-2-12-9(8-17)3-6-19-12/h1,4,7,9,12H,2-3,5-6,8H2,(H,15,16,18)/t9-,12+/m1/s1. The normalized spacial score (nSPS) is 26.1. The first kappa shape index (κ1) is 12.3. The molecule has 0 saturated carbocycles. The molecule has 2 amide bonds. The molecule has 0 radical (unpaired) electrons. The summed E-state index contributed by atoms with van der Waals surface area (Å²) in [6.45, 7) is 2.12. The molecule has 5 nitrogen and oxygen atoms in total. The zero-order valence-electron chi connectivity index (χ0n) is 10.5. The Bertz CT molecular complexity index is 483. The molecule has 102 valence electrons. The van der Waals surface area contributed by atoms with Gasteiger partial charge in [-0.3, -0.25) is 4.98 Å². The van der Waals surface area contributed by atoms with E-state index in [1.165, 1.54) is 12.3 Å². The quantitative estimate of drug-likeness (QED) is 0.843. The lowest BCUT2D eigenvalue weighted by Crippen LogP contribution is -2.46. The highest BCUT2D eigenvalue weighted by molar-refractivity contribution is 5.89. The van der Waals surface area contributed by atoms with E-state index >= 15 is 0 Å². The molecule has 2 atom stereocenters. The van der Waals surface area contributed by atoms with E-state index in [-0.39, 0.29) is 11.7 Å². The number of piperidine rings is 1. The number of carbonyl (C=O) groups excluding carboxylic acids is 1. The Balaban J connectivity index is 1.63. The van der Waals surface area contributed by atoms with Gasteiger partial charge >= 0.3 is 6.03 Å². The maximum absolute atomic E-state index is 13.4. The lowest BCUT2D eigenvalue weighted by atomic mass is 9.94. The number of pyridine rings is 1. The minimum absolute atomic E-state index is 0.171. The Kier molecular flexibility index (Phi) is 3.33. The van der Waals surface area contributed by atoms with Gasteiger partial charge in [0.25, 0.3) is 0 Å². The highest BCUT2D eigenvalue weighted by atomic mass is 19.1. The van der Waals surface area contributed by atoms with Crippen LogP contribution in [0, 0.1) is 11.7 Å². The molecule has 6 heteroatoms. The van der Waals surface area contributed by atoms with Crippen molar-refractivity contribution in [2.45, 2.75) is 18.9 Å². The second-order valence-corrected chi connectivity index (χ2v) is 4.98. The third-order valence-corrected chi connectivity index (χ3v) is 3.79. The van der Waals surface area contributed by atoms with Crippen molar-refractivity contribution in [3.8, 4) is 0 Å². The minimum Gasteiger partial charge on any atom is -0.378 e.